The van der Waals surface area contributed by atoms with Gasteiger partial charge in [-0.1, -0.05) is 170 Å². The predicted octanol–water partition coefficient (Wildman–Crippen LogP) is 18.0. The molecule has 0 bridgehead atoms. The summed E-state index contributed by atoms with van der Waals surface area (Å²) >= 11 is 0. The van der Waals surface area contributed by atoms with Gasteiger partial charge in [0.1, 0.15) is 11.2 Å². The first-order valence-corrected chi connectivity index (χ1v) is 25.7. The van der Waals surface area contributed by atoms with Crippen molar-refractivity contribution in [1.82, 2.24) is 24.1 Å². The van der Waals surface area contributed by atoms with E-state index in [1.807, 2.05) is 18.2 Å². The fraction of sp³-hybridized carbons (Fsp3) is 0.0290. The molecule has 6 nitrogen and oxygen atoms in total. The van der Waals surface area contributed by atoms with Crippen LogP contribution in [0.2, 0.25) is 0 Å². The maximum Gasteiger partial charge on any atom is 0.166 e. The van der Waals surface area contributed by atoms with Crippen molar-refractivity contribution in [2.45, 2.75) is 12.8 Å². The first kappa shape index (κ1) is 42.7. The molecule has 4 aromatic heterocycles. The average molecular weight is 960 g/mol. The van der Waals surface area contributed by atoms with Gasteiger partial charge in [-0.05, 0) is 125 Å². The summed E-state index contributed by atoms with van der Waals surface area (Å²) in [5.41, 5.74) is 17.9. The lowest BCUT2D eigenvalue weighted by Crippen LogP contribution is -2.04. The van der Waals surface area contributed by atoms with Crippen molar-refractivity contribution >= 4 is 71.1 Å². The highest BCUT2D eigenvalue weighted by Crippen LogP contribution is 2.46. The van der Waals surface area contributed by atoms with Gasteiger partial charge in [0.15, 0.2) is 17.5 Å². The lowest BCUT2D eigenvalue weighted by Gasteiger charge is -2.15. The maximum absolute atomic E-state index is 6.29. The number of allylic oxidation sites excluding steroid dienone is 4. The second-order valence-corrected chi connectivity index (χ2v) is 19.4. The van der Waals surface area contributed by atoms with E-state index >= 15 is 0 Å². The molecule has 4 heterocycles. The van der Waals surface area contributed by atoms with E-state index in [0.29, 0.717) is 17.5 Å². The SMILES string of the molecule is C1=CC(c2cccc(-c3nc(-c4ccc5oc6ccccc6c5c4)nc(-c4ccccc4-n4c5cc(-c6ccccc6)ccc5c5c(-c6cccc7c6c6ccccc6n7-c6ccccc6)cccc54)n3)c2)=CCC1. The standard InChI is InChI=1S/C69H45N5O/c1-4-19-44(20-5-1)46-23-16-24-48(41-46)67-70-68(49-38-40-64-57(42-49)51-27-12-15-36-63(51)75-64)72-69(71-67)56-29-11-14-33-59(56)74-61-35-18-31-53(66(61)55-39-37-47(43-62(55)74)45-21-6-2-7-22-45)52-30-17-34-60-65(52)54-28-10-13-32-58(54)73(60)50-25-8-3-9-26-50/h2-4,6-43H,1,5H2. The molecule has 0 radical (unpaired) electrons. The number of furan rings is 1. The molecule has 0 saturated carbocycles. The summed E-state index contributed by atoms with van der Waals surface area (Å²) in [6.45, 7) is 0. The van der Waals surface area contributed by atoms with Gasteiger partial charge in [-0.3, -0.25) is 0 Å². The zero-order valence-electron chi connectivity index (χ0n) is 40.7. The van der Waals surface area contributed by atoms with Crippen LogP contribution >= 0.6 is 0 Å². The Morgan fingerprint density at radius 3 is 1.73 bits per heavy atom. The van der Waals surface area contributed by atoms with Crippen molar-refractivity contribution in [3.05, 3.63) is 254 Å². The Morgan fingerprint density at radius 1 is 0.347 bits per heavy atom. The molecule has 0 spiro atoms. The van der Waals surface area contributed by atoms with E-state index in [4.69, 9.17) is 19.4 Å². The van der Waals surface area contributed by atoms with Gasteiger partial charge in [0.2, 0.25) is 0 Å². The van der Waals surface area contributed by atoms with E-state index < -0.39 is 0 Å². The molecule has 0 N–H and O–H groups in total. The van der Waals surface area contributed by atoms with Crippen molar-refractivity contribution in [3.8, 4) is 67.8 Å². The van der Waals surface area contributed by atoms with Crippen molar-refractivity contribution in [3.63, 3.8) is 0 Å². The molecule has 14 aromatic rings. The molecule has 75 heavy (non-hydrogen) atoms. The lowest BCUT2D eigenvalue weighted by atomic mass is 9.95. The lowest BCUT2D eigenvalue weighted by molar-refractivity contribution is 0.669. The third-order valence-corrected chi connectivity index (χ3v) is 15.0. The molecule has 0 saturated heterocycles. The van der Waals surface area contributed by atoms with Crippen LogP contribution in [0.4, 0.5) is 0 Å². The number of hydrogen-bond acceptors (Lipinski definition) is 4. The summed E-state index contributed by atoms with van der Waals surface area (Å²) in [4.78, 5) is 16.2. The van der Waals surface area contributed by atoms with Crippen molar-refractivity contribution in [1.29, 1.82) is 0 Å². The monoisotopic (exact) mass is 959 g/mol. The molecule has 1 aliphatic rings. The van der Waals surface area contributed by atoms with Gasteiger partial charge in [0, 0.05) is 54.7 Å². The average Bonchev–Trinajstić information content (AvgIpc) is 4.15. The molecule has 352 valence electrons. The second kappa shape index (κ2) is 17.4. The molecule has 0 aliphatic heterocycles. The van der Waals surface area contributed by atoms with E-state index in [-0.39, 0.29) is 0 Å². The van der Waals surface area contributed by atoms with E-state index in [9.17, 15) is 0 Å². The zero-order valence-corrected chi connectivity index (χ0v) is 40.7. The third-order valence-electron chi connectivity index (χ3n) is 15.0. The summed E-state index contributed by atoms with van der Waals surface area (Å²) in [5, 5.41) is 6.82. The van der Waals surface area contributed by atoms with Crippen LogP contribution in [-0.2, 0) is 0 Å². The van der Waals surface area contributed by atoms with Gasteiger partial charge in [-0.2, -0.15) is 0 Å². The van der Waals surface area contributed by atoms with E-state index in [2.05, 4.69) is 240 Å². The topological polar surface area (TPSA) is 61.7 Å². The molecule has 15 rings (SSSR count). The van der Waals surface area contributed by atoms with Gasteiger partial charge in [-0.25, -0.2) is 15.0 Å². The minimum atomic E-state index is 0.578. The molecule has 10 aromatic carbocycles. The van der Waals surface area contributed by atoms with Crippen molar-refractivity contribution in [2.75, 3.05) is 0 Å². The molecule has 1 aliphatic carbocycles. The van der Waals surface area contributed by atoms with Crippen LogP contribution in [0.15, 0.2) is 253 Å². The van der Waals surface area contributed by atoms with Crippen molar-refractivity contribution < 1.29 is 4.42 Å². The molecule has 0 fully saturated rings. The van der Waals surface area contributed by atoms with Crippen LogP contribution in [-0.4, -0.2) is 24.1 Å². The van der Waals surface area contributed by atoms with Gasteiger partial charge in [0.25, 0.3) is 0 Å². The Kier molecular flexibility index (Phi) is 9.91. The molecule has 0 amide bonds. The smallest absolute Gasteiger partial charge is 0.166 e. The van der Waals surface area contributed by atoms with Gasteiger partial charge in [-0.15, -0.1) is 0 Å². The molecule has 6 heteroatoms. The molecule has 0 unspecified atom stereocenters. The molecule has 0 atom stereocenters. The summed E-state index contributed by atoms with van der Waals surface area (Å²) < 4.78 is 11.1. The Morgan fingerprint density at radius 2 is 0.933 bits per heavy atom. The largest absolute Gasteiger partial charge is 0.456 e. The highest BCUT2D eigenvalue weighted by Gasteiger charge is 2.24. The summed E-state index contributed by atoms with van der Waals surface area (Å²) in [7, 11) is 0. The summed E-state index contributed by atoms with van der Waals surface area (Å²) in [6, 6.07) is 82.2. The zero-order chi connectivity index (χ0) is 49.4. The molecular formula is C69H45N5O. The highest BCUT2D eigenvalue weighted by molar-refractivity contribution is 6.22. The molecular weight excluding hydrogens is 915 g/mol. The minimum absolute atomic E-state index is 0.578. The van der Waals surface area contributed by atoms with Gasteiger partial charge >= 0.3 is 0 Å². The van der Waals surface area contributed by atoms with Crippen LogP contribution in [0, 0.1) is 0 Å². The first-order chi connectivity index (χ1) is 37.2. The minimum Gasteiger partial charge on any atom is -0.456 e. The van der Waals surface area contributed by atoms with Crippen LogP contribution < -0.4 is 0 Å². The summed E-state index contributed by atoms with van der Waals surface area (Å²) in [5.74, 6) is 1.76. The maximum atomic E-state index is 6.29. The van der Waals surface area contributed by atoms with E-state index in [0.717, 1.165) is 107 Å². The number of rotatable bonds is 8. The number of nitrogens with zero attached hydrogens (tertiary/aromatic N) is 5. The number of fused-ring (bicyclic) bond motifs is 9. The van der Waals surface area contributed by atoms with Crippen LogP contribution in [0.3, 0.4) is 0 Å². The fourth-order valence-electron chi connectivity index (χ4n) is 11.6. The van der Waals surface area contributed by atoms with E-state index in [1.165, 1.54) is 32.8 Å². The predicted molar refractivity (Wildman–Crippen MR) is 309 cm³/mol. The number of hydrogen-bond donors (Lipinski definition) is 0. The van der Waals surface area contributed by atoms with Gasteiger partial charge in [0.05, 0.1) is 27.8 Å². The first-order valence-electron chi connectivity index (χ1n) is 25.7. The van der Waals surface area contributed by atoms with Gasteiger partial charge < -0.3 is 13.6 Å². The Bertz CT molecular complexity index is 4650. The van der Waals surface area contributed by atoms with Crippen LogP contribution in [0.25, 0.3) is 139 Å². The fourth-order valence-corrected chi connectivity index (χ4v) is 11.6. The number of para-hydroxylation sites is 4. The Labute approximate surface area is 432 Å². The number of benzene rings is 10. The summed E-state index contributed by atoms with van der Waals surface area (Å²) in [6.07, 6.45) is 8.85. The van der Waals surface area contributed by atoms with E-state index in [1.54, 1.807) is 0 Å². The quantitative estimate of drug-likeness (QED) is 0.152. The van der Waals surface area contributed by atoms with Crippen LogP contribution in [0.5, 0.6) is 0 Å². The Hall–Kier alpha value is -9.91. The van der Waals surface area contributed by atoms with Crippen molar-refractivity contribution in [2.24, 2.45) is 0 Å². The van der Waals surface area contributed by atoms with Crippen LogP contribution in [0.1, 0.15) is 18.4 Å². The second-order valence-electron chi connectivity index (χ2n) is 19.4. The normalized spacial score (nSPS) is 12.7. The highest BCUT2D eigenvalue weighted by atomic mass is 16.3. The third kappa shape index (κ3) is 7.06. The Balaban J connectivity index is 0.987. The number of aromatic nitrogens is 5.